The van der Waals surface area contributed by atoms with Crippen LogP contribution >= 0.6 is 0 Å². The molecule has 0 aliphatic heterocycles. The minimum absolute atomic E-state index is 0.115. The van der Waals surface area contributed by atoms with E-state index in [1.54, 1.807) is 0 Å². The topological polar surface area (TPSA) is 119 Å². The number of aliphatic hydroxyl groups is 2. The van der Waals surface area contributed by atoms with Gasteiger partial charge in [-0.2, -0.15) is 0 Å². The summed E-state index contributed by atoms with van der Waals surface area (Å²) < 4.78 is 16.8. The van der Waals surface area contributed by atoms with Crippen molar-refractivity contribution in [3.8, 4) is 0 Å². The Kier molecular flexibility index (Phi) is 48.6. The first-order valence-electron chi connectivity index (χ1n) is 27.3. The summed E-state index contributed by atoms with van der Waals surface area (Å²) in [5.74, 6) is -0.993. The van der Waals surface area contributed by atoms with E-state index in [0.717, 1.165) is 167 Å². The predicted octanol–water partition coefficient (Wildman–Crippen LogP) is 15.8. The fourth-order valence-corrected chi connectivity index (χ4v) is 7.78. The van der Waals surface area contributed by atoms with Crippen LogP contribution in [0.5, 0.6) is 0 Å². The summed E-state index contributed by atoms with van der Waals surface area (Å²) in [5.41, 5.74) is 0. The van der Waals surface area contributed by atoms with Gasteiger partial charge in [0.1, 0.15) is 13.2 Å². The highest BCUT2D eigenvalue weighted by molar-refractivity contribution is 5.71. The standard InChI is InChI=1S/C57H102O8/c1-4-7-10-13-14-15-16-17-18-19-20-21-28-33-40-47-55(60)63-50-54(65-57(62)49-42-35-30-25-23-27-32-39-46-53(59)44-37-12-9-6-3)51-64-56(61)48-41-34-29-24-22-26-31-38-45-52(58)43-36-11-8-5-2/h7,10,14-15,17-18,32,39,52-54,58-59H,4-6,8-9,11-13,16,19-31,33-38,40-51H2,1-3H3/b10-7-,15-14-,18-17-,39-32-. The van der Waals surface area contributed by atoms with Crippen molar-refractivity contribution in [1.29, 1.82) is 0 Å². The summed E-state index contributed by atoms with van der Waals surface area (Å²) in [6.07, 6.45) is 54.0. The molecular weight excluding hydrogens is 813 g/mol. The second kappa shape index (κ2) is 50.7. The van der Waals surface area contributed by atoms with Gasteiger partial charge in [-0.05, 0) is 89.9 Å². The first-order valence-corrected chi connectivity index (χ1v) is 27.3. The molecule has 2 N–H and O–H groups in total. The molecule has 0 radical (unpaired) electrons. The van der Waals surface area contributed by atoms with Crippen LogP contribution in [0.15, 0.2) is 48.6 Å². The Morgan fingerprint density at radius 2 is 0.769 bits per heavy atom. The summed E-state index contributed by atoms with van der Waals surface area (Å²) in [6, 6.07) is 0. The Hall–Kier alpha value is -2.71. The molecule has 0 aromatic carbocycles. The fraction of sp³-hybridized carbons (Fsp3) is 0.807. The lowest BCUT2D eigenvalue weighted by Gasteiger charge is -2.18. The third kappa shape index (κ3) is 49.0. The summed E-state index contributed by atoms with van der Waals surface area (Å²) in [5, 5.41) is 20.3. The average molecular weight is 915 g/mol. The van der Waals surface area contributed by atoms with E-state index in [1.165, 1.54) is 57.8 Å². The minimum atomic E-state index is -0.819. The van der Waals surface area contributed by atoms with Crippen LogP contribution in [0.4, 0.5) is 0 Å². The van der Waals surface area contributed by atoms with E-state index in [2.05, 4.69) is 69.4 Å². The average Bonchev–Trinajstić information content (AvgIpc) is 3.30. The lowest BCUT2D eigenvalue weighted by molar-refractivity contribution is -0.167. The molecule has 8 heteroatoms. The van der Waals surface area contributed by atoms with Gasteiger partial charge in [0.05, 0.1) is 12.2 Å². The summed E-state index contributed by atoms with van der Waals surface area (Å²) >= 11 is 0. The molecule has 0 bridgehead atoms. The van der Waals surface area contributed by atoms with Gasteiger partial charge in [-0.15, -0.1) is 0 Å². The maximum Gasteiger partial charge on any atom is 0.306 e. The molecule has 65 heavy (non-hydrogen) atoms. The van der Waals surface area contributed by atoms with Gasteiger partial charge < -0.3 is 24.4 Å². The highest BCUT2D eigenvalue weighted by atomic mass is 16.6. The van der Waals surface area contributed by atoms with Crippen LogP contribution in [-0.2, 0) is 28.6 Å². The molecule has 0 saturated heterocycles. The van der Waals surface area contributed by atoms with E-state index in [1.807, 2.05) is 0 Å². The van der Waals surface area contributed by atoms with Gasteiger partial charge >= 0.3 is 17.9 Å². The molecule has 0 fully saturated rings. The van der Waals surface area contributed by atoms with Gasteiger partial charge in [0, 0.05) is 19.3 Å². The third-order valence-electron chi connectivity index (χ3n) is 12.0. The highest BCUT2D eigenvalue weighted by Crippen LogP contribution is 2.16. The molecule has 0 rings (SSSR count). The van der Waals surface area contributed by atoms with E-state index in [9.17, 15) is 24.6 Å². The quantitative estimate of drug-likeness (QED) is 0.0268. The largest absolute Gasteiger partial charge is 0.462 e. The van der Waals surface area contributed by atoms with E-state index < -0.39 is 6.10 Å². The smallest absolute Gasteiger partial charge is 0.306 e. The summed E-state index contributed by atoms with van der Waals surface area (Å²) in [6.45, 7) is 6.33. The number of carbonyl (C=O) groups excluding carboxylic acids is 3. The Morgan fingerprint density at radius 1 is 0.400 bits per heavy atom. The number of aliphatic hydroxyl groups excluding tert-OH is 2. The molecular formula is C57H102O8. The molecule has 3 atom stereocenters. The predicted molar refractivity (Wildman–Crippen MR) is 273 cm³/mol. The zero-order valence-electron chi connectivity index (χ0n) is 42.5. The second-order valence-electron chi connectivity index (χ2n) is 18.5. The van der Waals surface area contributed by atoms with Crippen LogP contribution < -0.4 is 0 Å². The van der Waals surface area contributed by atoms with Gasteiger partial charge in [-0.25, -0.2) is 0 Å². The maximum atomic E-state index is 12.8. The van der Waals surface area contributed by atoms with Crippen LogP contribution in [0.25, 0.3) is 0 Å². The minimum Gasteiger partial charge on any atom is -0.462 e. The second-order valence-corrected chi connectivity index (χ2v) is 18.5. The lowest BCUT2D eigenvalue weighted by atomic mass is 10.0. The number of allylic oxidation sites excluding steroid dienone is 7. The van der Waals surface area contributed by atoms with Gasteiger partial charge in [0.25, 0.3) is 0 Å². The van der Waals surface area contributed by atoms with E-state index >= 15 is 0 Å². The number of carbonyl (C=O) groups is 3. The van der Waals surface area contributed by atoms with Crippen molar-refractivity contribution in [2.45, 2.75) is 283 Å². The molecule has 0 spiro atoms. The molecule has 0 aliphatic carbocycles. The van der Waals surface area contributed by atoms with Gasteiger partial charge in [-0.1, -0.05) is 204 Å². The Morgan fingerprint density at radius 3 is 1.25 bits per heavy atom. The van der Waals surface area contributed by atoms with Crippen LogP contribution in [0.2, 0.25) is 0 Å². The SMILES string of the molecule is CC/C=C\C/C=C\C/C=C\CCCCCCCC(=O)OCC(COC(=O)CCCCCCCCCCC(O)CCCCCC)OC(=O)CCCCCCC/C=C\CC(O)CCCCCC. The summed E-state index contributed by atoms with van der Waals surface area (Å²) in [7, 11) is 0. The molecule has 0 aliphatic rings. The van der Waals surface area contributed by atoms with Crippen LogP contribution in [0, 0.1) is 0 Å². The Labute approximate surface area is 400 Å². The molecule has 0 heterocycles. The zero-order chi connectivity index (χ0) is 47.5. The van der Waals surface area contributed by atoms with Crippen molar-refractivity contribution in [3.63, 3.8) is 0 Å². The molecule has 378 valence electrons. The van der Waals surface area contributed by atoms with Crippen LogP contribution in [0.3, 0.4) is 0 Å². The zero-order valence-corrected chi connectivity index (χ0v) is 42.5. The number of hydrogen-bond donors (Lipinski definition) is 2. The van der Waals surface area contributed by atoms with Crippen LogP contribution in [-0.4, -0.2) is 59.6 Å². The van der Waals surface area contributed by atoms with E-state index in [-0.39, 0.29) is 49.8 Å². The van der Waals surface area contributed by atoms with E-state index in [4.69, 9.17) is 14.2 Å². The Balaban J connectivity index is 4.47. The lowest BCUT2D eigenvalue weighted by Crippen LogP contribution is -2.30. The maximum absolute atomic E-state index is 12.8. The number of rotatable bonds is 49. The summed E-state index contributed by atoms with van der Waals surface area (Å²) in [4.78, 5) is 38.1. The molecule has 8 nitrogen and oxygen atoms in total. The van der Waals surface area contributed by atoms with Crippen molar-refractivity contribution in [2.75, 3.05) is 13.2 Å². The number of unbranched alkanes of at least 4 members (excludes halogenated alkanes) is 23. The normalized spacial score (nSPS) is 13.4. The van der Waals surface area contributed by atoms with Crippen LogP contribution in [0.1, 0.15) is 265 Å². The molecule has 0 amide bonds. The van der Waals surface area contributed by atoms with E-state index in [0.29, 0.717) is 12.8 Å². The highest BCUT2D eigenvalue weighted by Gasteiger charge is 2.19. The van der Waals surface area contributed by atoms with Crippen molar-refractivity contribution >= 4 is 17.9 Å². The number of ether oxygens (including phenoxy) is 3. The molecule has 3 unspecified atom stereocenters. The van der Waals surface area contributed by atoms with Gasteiger partial charge in [0.15, 0.2) is 6.10 Å². The first-order chi connectivity index (χ1) is 31.8. The van der Waals surface area contributed by atoms with Crippen molar-refractivity contribution in [3.05, 3.63) is 48.6 Å². The van der Waals surface area contributed by atoms with Gasteiger partial charge in [-0.3, -0.25) is 14.4 Å². The van der Waals surface area contributed by atoms with Gasteiger partial charge in [0.2, 0.25) is 0 Å². The number of hydrogen-bond acceptors (Lipinski definition) is 8. The third-order valence-corrected chi connectivity index (χ3v) is 12.0. The fourth-order valence-electron chi connectivity index (χ4n) is 7.78. The first kappa shape index (κ1) is 62.3. The molecule has 0 aromatic heterocycles. The van der Waals surface area contributed by atoms with Crippen molar-refractivity contribution in [2.24, 2.45) is 0 Å². The van der Waals surface area contributed by atoms with Crippen molar-refractivity contribution < 1.29 is 38.8 Å². The number of esters is 3. The molecule has 0 saturated carbocycles. The van der Waals surface area contributed by atoms with Crippen molar-refractivity contribution in [1.82, 2.24) is 0 Å². The monoisotopic (exact) mass is 915 g/mol. The molecule has 0 aromatic rings. The Bertz CT molecular complexity index is 1180.